The van der Waals surface area contributed by atoms with E-state index in [9.17, 15) is 17.6 Å². The van der Waals surface area contributed by atoms with E-state index in [2.05, 4.69) is 9.80 Å². The van der Waals surface area contributed by atoms with Crippen LogP contribution < -0.4 is 0 Å². The zero-order valence-corrected chi connectivity index (χ0v) is 19.8. The molecule has 33 heavy (non-hydrogen) atoms. The number of halogens is 1. The highest BCUT2D eigenvalue weighted by atomic mass is 32.2. The van der Waals surface area contributed by atoms with Crippen LogP contribution in [0.15, 0.2) is 59.5 Å². The number of carbonyl (C=O) groups is 1. The SMILES string of the molecule is CC(C(=O)N1CCN(S(=O)(=O)c2ccccc2)CC1)N1CCN(Cc2ccccc2F)CC1. The molecule has 0 saturated carbocycles. The molecule has 2 saturated heterocycles. The molecule has 1 amide bonds. The molecule has 0 N–H and O–H groups in total. The van der Waals surface area contributed by atoms with Gasteiger partial charge >= 0.3 is 0 Å². The monoisotopic (exact) mass is 474 g/mol. The van der Waals surface area contributed by atoms with Gasteiger partial charge in [-0.05, 0) is 25.1 Å². The number of nitrogens with zero attached hydrogens (tertiary/aromatic N) is 4. The molecule has 0 aliphatic carbocycles. The van der Waals surface area contributed by atoms with Crippen molar-refractivity contribution in [2.45, 2.75) is 24.4 Å². The summed E-state index contributed by atoms with van der Waals surface area (Å²) in [6.45, 7) is 6.89. The minimum absolute atomic E-state index is 0.0364. The van der Waals surface area contributed by atoms with Crippen LogP contribution >= 0.6 is 0 Å². The maximum Gasteiger partial charge on any atom is 0.243 e. The molecule has 0 aromatic heterocycles. The van der Waals surface area contributed by atoms with Crippen molar-refractivity contribution in [3.05, 3.63) is 66.0 Å². The molecular weight excluding hydrogens is 443 g/mol. The Morgan fingerprint density at radius 3 is 2.12 bits per heavy atom. The van der Waals surface area contributed by atoms with E-state index in [1.54, 1.807) is 41.3 Å². The fourth-order valence-corrected chi connectivity index (χ4v) is 5.93. The van der Waals surface area contributed by atoms with Crippen molar-refractivity contribution in [3.8, 4) is 0 Å². The van der Waals surface area contributed by atoms with Gasteiger partial charge in [0, 0.05) is 64.5 Å². The molecular formula is C24H31FN4O3S. The van der Waals surface area contributed by atoms with E-state index in [0.29, 0.717) is 38.3 Å². The third-order valence-corrected chi connectivity index (χ3v) is 8.51. The van der Waals surface area contributed by atoms with Gasteiger partial charge in [0.05, 0.1) is 10.9 Å². The van der Waals surface area contributed by atoms with Crippen LogP contribution in [0.5, 0.6) is 0 Å². The second-order valence-corrected chi connectivity index (χ2v) is 10.6. The summed E-state index contributed by atoms with van der Waals surface area (Å²) < 4.78 is 41.0. The zero-order chi connectivity index (χ0) is 23.4. The van der Waals surface area contributed by atoms with E-state index < -0.39 is 10.0 Å². The van der Waals surface area contributed by atoms with Gasteiger partial charge < -0.3 is 4.90 Å². The number of hydrogen-bond acceptors (Lipinski definition) is 5. The summed E-state index contributed by atoms with van der Waals surface area (Å²) in [7, 11) is -3.53. The van der Waals surface area contributed by atoms with Crippen molar-refractivity contribution in [3.63, 3.8) is 0 Å². The molecule has 2 fully saturated rings. The Labute approximate surface area is 195 Å². The first kappa shape index (κ1) is 23.8. The Bertz CT molecular complexity index is 1050. The van der Waals surface area contributed by atoms with Gasteiger partial charge in [0.1, 0.15) is 5.82 Å². The van der Waals surface area contributed by atoms with E-state index >= 15 is 0 Å². The summed E-state index contributed by atoms with van der Waals surface area (Å²) in [5.74, 6) is -0.147. The van der Waals surface area contributed by atoms with Crippen LogP contribution in [0.4, 0.5) is 4.39 Å². The lowest BCUT2D eigenvalue weighted by Gasteiger charge is -2.40. The van der Waals surface area contributed by atoms with Crippen molar-refractivity contribution in [1.29, 1.82) is 0 Å². The van der Waals surface area contributed by atoms with E-state index in [1.807, 2.05) is 19.1 Å². The first-order valence-electron chi connectivity index (χ1n) is 11.4. The highest BCUT2D eigenvalue weighted by molar-refractivity contribution is 7.89. The number of rotatable bonds is 6. The van der Waals surface area contributed by atoms with Gasteiger partial charge in [-0.1, -0.05) is 36.4 Å². The average molecular weight is 475 g/mol. The molecule has 2 aromatic rings. The highest BCUT2D eigenvalue weighted by Crippen LogP contribution is 2.19. The summed E-state index contributed by atoms with van der Waals surface area (Å²) in [4.78, 5) is 19.5. The molecule has 0 radical (unpaired) electrons. The number of benzene rings is 2. The van der Waals surface area contributed by atoms with Gasteiger partial charge in [0.25, 0.3) is 0 Å². The molecule has 0 spiro atoms. The minimum Gasteiger partial charge on any atom is -0.339 e. The average Bonchev–Trinajstić information content (AvgIpc) is 2.85. The molecule has 1 atom stereocenters. The minimum atomic E-state index is -3.53. The Hall–Kier alpha value is -2.33. The van der Waals surface area contributed by atoms with Crippen molar-refractivity contribution in [2.24, 2.45) is 0 Å². The van der Waals surface area contributed by atoms with Crippen LogP contribution in [0.1, 0.15) is 12.5 Å². The lowest BCUT2D eigenvalue weighted by molar-refractivity contribution is -0.138. The molecule has 0 bridgehead atoms. The topological polar surface area (TPSA) is 64.2 Å². The Kier molecular flexibility index (Phi) is 7.43. The van der Waals surface area contributed by atoms with Crippen molar-refractivity contribution >= 4 is 15.9 Å². The normalized spacial score (nSPS) is 20.0. The largest absolute Gasteiger partial charge is 0.339 e. The number of hydrogen-bond donors (Lipinski definition) is 0. The number of amides is 1. The molecule has 9 heteroatoms. The molecule has 178 valence electrons. The zero-order valence-electron chi connectivity index (χ0n) is 18.9. The van der Waals surface area contributed by atoms with Crippen LogP contribution in [0.3, 0.4) is 0 Å². The van der Waals surface area contributed by atoms with Crippen LogP contribution in [0.25, 0.3) is 0 Å². The van der Waals surface area contributed by atoms with Gasteiger partial charge in [0.2, 0.25) is 15.9 Å². The molecule has 2 aliphatic heterocycles. The van der Waals surface area contributed by atoms with Crippen LogP contribution in [-0.2, 0) is 21.4 Å². The second-order valence-electron chi connectivity index (χ2n) is 8.62. The third-order valence-electron chi connectivity index (χ3n) is 6.60. The van der Waals surface area contributed by atoms with Crippen molar-refractivity contribution < 1.29 is 17.6 Å². The summed E-state index contributed by atoms with van der Waals surface area (Å²) >= 11 is 0. The summed E-state index contributed by atoms with van der Waals surface area (Å²) in [5, 5.41) is 0. The van der Waals surface area contributed by atoms with Crippen molar-refractivity contribution in [1.82, 2.24) is 19.0 Å². The fourth-order valence-electron chi connectivity index (χ4n) is 4.49. The van der Waals surface area contributed by atoms with Gasteiger partial charge in [-0.3, -0.25) is 14.6 Å². The maximum atomic E-state index is 13.9. The van der Waals surface area contributed by atoms with E-state index in [0.717, 1.165) is 26.2 Å². The van der Waals surface area contributed by atoms with E-state index in [4.69, 9.17) is 0 Å². The third kappa shape index (κ3) is 5.43. The molecule has 4 rings (SSSR count). The predicted molar refractivity (Wildman–Crippen MR) is 124 cm³/mol. The van der Waals surface area contributed by atoms with E-state index in [1.165, 1.54) is 10.4 Å². The Morgan fingerprint density at radius 2 is 1.48 bits per heavy atom. The van der Waals surface area contributed by atoms with Crippen LogP contribution in [0, 0.1) is 5.82 Å². The molecule has 7 nitrogen and oxygen atoms in total. The van der Waals surface area contributed by atoms with Gasteiger partial charge in [0.15, 0.2) is 0 Å². The smallest absolute Gasteiger partial charge is 0.243 e. The number of carbonyl (C=O) groups excluding carboxylic acids is 1. The van der Waals surface area contributed by atoms with Crippen molar-refractivity contribution in [2.75, 3.05) is 52.4 Å². The number of piperazine rings is 2. The standard InChI is InChI=1S/C24H31FN4O3S/c1-20(27-13-11-26(12-14-27)19-21-7-5-6-10-23(21)25)24(30)28-15-17-29(18-16-28)33(31,32)22-8-3-2-4-9-22/h2-10,20H,11-19H2,1H3. The molecule has 2 aromatic carbocycles. The van der Waals surface area contributed by atoms with Crippen LogP contribution in [-0.4, -0.2) is 91.7 Å². The van der Waals surface area contributed by atoms with Gasteiger partial charge in [-0.2, -0.15) is 4.31 Å². The lowest BCUT2D eigenvalue weighted by Crippen LogP contribution is -2.57. The first-order chi connectivity index (χ1) is 15.9. The van der Waals surface area contributed by atoms with Crippen LogP contribution in [0.2, 0.25) is 0 Å². The Balaban J connectivity index is 1.27. The van der Waals surface area contributed by atoms with Gasteiger partial charge in [-0.15, -0.1) is 0 Å². The highest BCUT2D eigenvalue weighted by Gasteiger charge is 2.33. The lowest BCUT2D eigenvalue weighted by atomic mass is 10.1. The fraction of sp³-hybridized carbons (Fsp3) is 0.458. The van der Waals surface area contributed by atoms with E-state index in [-0.39, 0.29) is 22.7 Å². The summed E-state index contributed by atoms with van der Waals surface area (Å²) in [6.07, 6.45) is 0. The van der Waals surface area contributed by atoms with Gasteiger partial charge in [-0.25, -0.2) is 12.8 Å². The molecule has 2 aliphatic rings. The number of sulfonamides is 1. The molecule has 2 heterocycles. The predicted octanol–water partition coefficient (Wildman–Crippen LogP) is 1.86. The first-order valence-corrected chi connectivity index (χ1v) is 12.8. The maximum absolute atomic E-state index is 13.9. The summed E-state index contributed by atoms with van der Waals surface area (Å²) in [5.41, 5.74) is 0.693. The Morgan fingerprint density at radius 1 is 0.879 bits per heavy atom. The second kappa shape index (κ2) is 10.3. The molecule has 1 unspecified atom stereocenters. The summed E-state index contributed by atoms with van der Waals surface area (Å²) in [6, 6.07) is 15.0. The quantitative estimate of drug-likeness (QED) is 0.640.